The molecule has 4 rings (SSSR count). The molecule has 0 aliphatic carbocycles. The van der Waals surface area contributed by atoms with Crippen molar-refractivity contribution in [2.24, 2.45) is 25.9 Å². The van der Waals surface area contributed by atoms with Gasteiger partial charge >= 0.3 is 37.7 Å². The SMILES string of the molecule is CCCCCCC(CCCCCC)CNc1cccc(C(=O)c2cc(CCCC(=O)[O-])n(C)c2CC)c1.CCCCCCC(CCCCCC)CNc1cccc(C(=O)c2cc(CCCC(=O)[O-])n(C)c2CC)c1.[Ca+2]. The van der Waals surface area contributed by atoms with Crippen LogP contribution in [-0.4, -0.2) is 83.5 Å². The minimum absolute atomic E-state index is 0. The second kappa shape index (κ2) is 39.5. The van der Waals surface area contributed by atoms with Crippen molar-refractivity contribution in [1.82, 2.24) is 9.13 Å². The van der Waals surface area contributed by atoms with Crippen molar-refractivity contribution in [2.45, 2.75) is 221 Å². The zero-order valence-electron chi connectivity index (χ0n) is 48.2. The number of carbonyl (C=O) groups is 4. The Morgan fingerprint density at radius 3 is 1.09 bits per heavy atom. The van der Waals surface area contributed by atoms with E-state index in [2.05, 4.69) is 64.3 Å². The standard InChI is InChI=1S/2C32H50N2O3.Ca/c2*1-5-8-10-12-16-25(17-13-11-9-6-2)24-33-27-19-14-18-26(22-27)32(37)29-23-28(20-15-21-31(35)36)34(4)30(29)7-3;/h2*14,18-19,22-23,25,33H,5-13,15-17,20-21,24H2,1-4H3,(H,35,36);/q;;+2/p-2. The van der Waals surface area contributed by atoms with Crippen LogP contribution < -0.4 is 20.8 Å². The second-order valence-electron chi connectivity index (χ2n) is 21.0. The summed E-state index contributed by atoms with van der Waals surface area (Å²) >= 11 is 0. The number of aromatic nitrogens is 2. The Kier molecular flexibility index (Phi) is 35.4. The Balaban J connectivity index is 0.000000507. The first-order valence-electron chi connectivity index (χ1n) is 29.3. The number of ketones is 2. The van der Waals surface area contributed by atoms with E-state index in [-0.39, 0.29) is 62.1 Å². The largest absolute Gasteiger partial charge is 2.00 e. The maximum Gasteiger partial charge on any atom is 2.00 e. The zero-order chi connectivity index (χ0) is 54.1. The quantitative estimate of drug-likeness (QED) is 0.0254. The van der Waals surface area contributed by atoms with E-state index in [4.69, 9.17) is 0 Å². The summed E-state index contributed by atoms with van der Waals surface area (Å²) in [6, 6.07) is 19.7. The van der Waals surface area contributed by atoms with Gasteiger partial charge in [-0.1, -0.05) is 169 Å². The first kappa shape index (κ1) is 67.2. The Hall–Kier alpha value is -3.86. The fourth-order valence-electron chi connectivity index (χ4n) is 10.5. The molecule has 11 heteroatoms. The summed E-state index contributed by atoms with van der Waals surface area (Å²) in [6.07, 6.45) is 29.7. The van der Waals surface area contributed by atoms with Crippen molar-refractivity contribution in [1.29, 1.82) is 0 Å². The third-order valence-corrected chi connectivity index (χ3v) is 15.0. The number of unbranched alkanes of at least 4 members (excludes halogenated alkanes) is 12. The fraction of sp³-hybridized carbons (Fsp3) is 0.625. The first-order valence-corrected chi connectivity index (χ1v) is 29.3. The Labute approximate surface area is 484 Å². The van der Waals surface area contributed by atoms with Crippen molar-refractivity contribution in [2.75, 3.05) is 23.7 Å². The number of nitrogens with one attached hydrogen (secondary N) is 2. The van der Waals surface area contributed by atoms with Crippen molar-refractivity contribution in [3.05, 3.63) is 106 Å². The molecule has 0 amide bonds. The minimum atomic E-state index is -1.03. The number of hydrogen-bond acceptors (Lipinski definition) is 8. The summed E-state index contributed by atoms with van der Waals surface area (Å²) in [6.45, 7) is 15.0. The van der Waals surface area contributed by atoms with E-state index >= 15 is 0 Å². The van der Waals surface area contributed by atoms with Gasteiger partial charge in [-0.05, 0) is 125 Å². The van der Waals surface area contributed by atoms with Gasteiger partial charge in [0.25, 0.3) is 0 Å². The third-order valence-electron chi connectivity index (χ3n) is 15.0. The van der Waals surface area contributed by atoms with Gasteiger partial charge in [0.15, 0.2) is 11.6 Å². The molecule has 0 aliphatic rings. The number of carboxylic acid groups (broad SMARTS) is 2. The summed E-state index contributed by atoms with van der Waals surface area (Å²) in [4.78, 5) is 48.7. The van der Waals surface area contributed by atoms with Gasteiger partial charge in [-0.25, -0.2) is 0 Å². The van der Waals surface area contributed by atoms with Crippen LogP contribution in [-0.2, 0) is 49.4 Å². The molecule has 412 valence electrons. The predicted octanol–water partition coefficient (Wildman–Crippen LogP) is 13.3. The van der Waals surface area contributed by atoms with Crippen LogP contribution in [0.5, 0.6) is 0 Å². The van der Waals surface area contributed by atoms with Crippen molar-refractivity contribution in [3.8, 4) is 0 Å². The van der Waals surface area contributed by atoms with E-state index in [1.165, 1.54) is 128 Å². The molecule has 0 radical (unpaired) electrons. The number of anilines is 2. The van der Waals surface area contributed by atoms with E-state index in [0.29, 0.717) is 48.6 Å². The molecule has 2 heterocycles. The molecule has 4 aromatic rings. The van der Waals surface area contributed by atoms with Crippen LogP contribution in [0.1, 0.15) is 250 Å². The Morgan fingerprint density at radius 2 is 0.800 bits per heavy atom. The van der Waals surface area contributed by atoms with E-state index in [9.17, 15) is 29.4 Å². The number of aryl methyl sites for hydroxylation is 2. The van der Waals surface area contributed by atoms with Crippen LogP contribution in [0.25, 0.3) is 0 Å². The van der Waals surface area contributed by atoms with Gasteiger partial charge in [-0.3, -0.25) is 9.59 Å². The minimum Gasteiger partial charge on any atom is -0.550 e. The maximum absolute atomic E-state index is 13.5. The molecule has 0 unspecified atom stereocenters. The number of benzene rings is 2. The smallest absolute Gasteiger partial charge is 0.550 e. The number of carbonyl (C=O) groups excluding carboxylic acids is 4. The first-order chi connectivity index (χ1) is 35.8. The predicted molar refractivity (Wildman–Crippen MR) is 310 cm³/mol. The number of carboxylic acids is 2. The topological polar surface area (TPSA) is 148 Å². The molecule has 2 N–H and O–H groups in total. The summed E-state index contributed by atoms with van der Waals surface area (Å²) in [5.41, 5.74) is 8.78. The van der Waals surface area contributed by atoms with Crippen molar-refractivity contribution in [3.63, 3.8) is 0 Å². The summed E-state index contributed by atoms with van der Waals surface area (Å²) < 4.78 is 4.10. The van der Waals surface area contributed by atoms with E-state index in [0.717, 1.165) is 71.2 Å². The van der Waals surface area contributed by atoms with Gasteiger partial charge in [0, 0.05) is 95.5 Å². The van der Waals surface area contributed by atoms with Crippen LogP contribution in [0.4, 0.5) is 11.4 Å². The van der Waals surface area contributed by atoms with Crippen LogP contribution in [0.15, 0.2) is 60.7 Å². The van der Waals surface area contributed by atoms with Crippen LogP contribution in [0, 0.1) is 11.8 Å². The monoisotopic (exact) mass is 1060 g/mol. The number of hydrogen-bond donors (Lipinski definition) is 2. The second-order valence-corrected chi connectivity index (χ2v) is 21.0. The van der Waals surface area contributed by atoms with Gasteiger partial charge in [0.1, 0.15) is 0 Å². The van der Waals surface area contributed by atoms with Crippen LogP contribution in [0.3, 0.4) is 0 Å². The molecule has 0 aliphatic heterocycles. The summed E-state index contributed by atoms with van der Waals surface area (Å²) in [5.74, 6) is -0.685. The van der Waals surface area contributed by atoms with E-state index in [1.807, 2.05) is 71.8 Å². The molecule has 2 aromatic heterocycles. The molecule has 10 nitrogen and oxygen atoms in total. The van der Waals surface area contributed by atoms with Crippen molar-refractivity contribution < 1.29 is 29.4 Å². The molecular weight excluding hydrogens is 961 g/mol. The molecular formula is C64H98CaN4O6. The van der Waals surface area contributed by atoms with Crippen LogP contribution in [0.2, 0.25) is 0 Å². The molecule has 2 aromatic carbocycles. The molecule has 0 fully saturated rings. The Morgan fingerprint density at radius 1 is 0.467 bits per heavy atom. The number of aliphatic carboxylic acids is 2. The molecule has 0 bridgehead atoms. The number of rotatable bonds is 40. The molecule has 75 heavy (non-hydrogen) atoms. The zero-order valence-corrected chi connectivity index (χ0v) is 50.4. The molecule has 0 saturated carbocycles. The maximum atomic E-state index is 13.5. The van der Waals surface area contributed by atoms with Gasteiger partial charge in [0.2, 0.25) is 0 Å². The van der Waals surface area contributed by atoms with Gasteiger partial charge in [-0.15, -0.1) is 0 Å². The fourth-order valence-corrected chi connectivity index (χ4v) is 10.5. The summed E-state index contributed by atoms with van der Waals surface area (Å²) in [5, 5.41) is 28.9. The normalized spacial score (nSPS) is 11.1. The molecule has 0 atom stereocenters. The van der Waals surface area contributed by atoms with Crippen molar-refractivity contribution >= 4 is 72.6 Å². The van der Waals surface area contributed by atoms with Gasteiger partial charge < -0.3 is 39.6 Å². The summed E-state index contributed by atoms with van der Waals surface area (Å²) in [7, 11) is 3.92. The molecule has 0 spiro atoms. The Bertz CT molecular complexity index is 2070. The van der Waals surface area contributed by atoms with E-state index in [1.54, 1.807) is 0 Å². The average molecular weight is 1060 g/mol. The molecule has 0 saturated heterocycles. The third kappa shape index (κ3) is 25.0. The van der Waals surface area contributed by atoms with Gasteiger partial charge in [-0.2, -0.15) is 0 Å². The average Bonchev–Trinajstić information content (AvgIpc) is 3.89. The van der Waals surface area contributed by atoms with E-state index < -0.39 is 11.9 Å². The van der Waals surface area contributed by atoms with Crippen LogP contribution >= 0.6 is 0 Å². The van der Waals surface area contributed by atoms with Gasteiger partial charge in [0.05, 0.1) is 0 Å². The number of nitrogens with zero attached hydrogens (tertiary/aromatic N) is 2.